The first-order chi connectivity index (χ1) is 24.4. The smallest absolute Gasteiger partial charge is 0.246 e. The van der Waals surface area contributed by atoms with Crippen molar-refractivity contribution in [1.29, 1.82) is 0 Å². The van der Waals surface area contributed by atoms with Crippen LogP contribution in [0.4, 0.5) is 0 Å². The van der Waals surface area contributed by atoms with Crippen molar-refractivity contribution < 1.29 is 24.0 Å². The normalized spacial score (nSPS) is 17.6. The van der Waals surface area contributed by atoms with Gasteiger partial charge in [0.05, 0.1) is 0 Å². The number of carbonyl (C=O) groups excluding carboxylic acids is 5. The zero-order chi connectivity index (χ0) is 36.7. The molecule has 5 amide bonds. The maximum absolute atomic E-state index is 14.3. The largest absolute Gasteiger partial charge is 0.370 e. The summed E-state index contributed by atoms with van der Waals surface area (Å²) in [6.45, 7) is 1.98. The molecule has 0 bridgehead atoms. The van der Waals surface area contributed by atoms with Gasteiger partial charge in [-0.05, 0) is 52.8 Å². The fraction of sp³-hybridized carbons (Fsp3) is 0.351. The Morgan fingerprint density at radius 1 is 0.784 bits per heavy atom. The van der Waals surface area contributed by atoms with Crippen molar-refractivity contribution in [2.75, 3.05) is 6.54 Å². The number of guanidine groups is 1. The van der Waals surface area contributed by atoms with Crippen molar-refractivity contribution in [3.63, 3.8) is 0 Å². The summed E-state index contributed by atoms with van der Waals surface area (Å²) in [5.41, 5.74) is 21.2. The van der Waals surface area contributed by atoms with E-state index in [2.05, 4.69) is 15.6 Å². The lowest BCUT2D eigenvalue weighted by Gasteiger charge is -2.38. The standard InChI is InChI=1S/C37H43ClN8O5/c1-22(47)45-20-26-9-4-3-8-25(26)19-32(45)35(50)44-30(17-23-12-14-28(38)15-13-23)34(49)43-29(11-6-16-42-37(40)41)36(51)46-21-27-10-5-2-7-24(27)18-31(46)33(39)48/h2-5,7-10,12-15,29-32H,6,11,16-21H2,1H3,(H2,39,48)(H,43,49)(H,44,50)(H4,40,41,42)/t29-,30+,31?,32?/m0/s1. The SMILES string of the molecule is CC(=O)N1Cc2ccccc2CC1C(=O)N[C@H](Cc1ccc(Cl)cc1)C(=O)N[C@@H](CCCN=C(N)N)C(=O)N1Cc2ccccc2CC1C(N)=O. The van der Waals surface area contributed by atoms with Crippen LogP contribution in [-0.4, -0.2) is 76.0 Å². The van der Waals surface area contributed by atoms with Crippen molar-refractivity contribution in [2.24, 2.45) is 22.2 Å². The third kappa shape index (κ3) is 9.23. The summed E-state index contributed by atoms with van der Waals surface area (Å²) < 4.78 is 0. The first-order valence-corrected chi connectivity index (χ1v) is 17.2. The van der Waals surface area contributed by atoms with Gasteiger partial charge in [0.1, 0.15) is 24.2 Å². The van der Waals surface area contributed by atoms with E-state index in [1.54, 1.807) is 24.3 Å². The van der Waals surface area contributed by atoms with Crippen molar-refractivity contribution in [3.8, 4) is 0 Å². The van der Waals surface area contributed by atoms with Gasteiger partial charge in [-0.1, -0.05) is 72.3 Å². The van der Waals surface area contributed by atoms with Gasteiger partial charge in [-0.25, -0.2) is 0 Å². The second kappa shape index (κ2) is 16.5. The third-order valence-corrected chi connectivity index (χ3v) is 9.61. The van der Waals surface area contributed by atoms with Gasteiger partial charge in [-0.15, -0.1) is 0 Å². The summed E-state index contributed by atoms with van der Waals surface area (Å²) in [6, 6.07) is 17.9. The van der Waals surface area contributed by atoms with E-state index in [-0.39, 0.29) is 57.2 Å². The number of benzene rings is 3. The molecule has 0 aromatic heterocycles. The molecule has 268 valence electrons. The summed E-state index contributed by atoms with van der Waals surface area (Å²) in [7, 11) is 0. The van der Waals surface area contributed by atoms with Crippen LogP contribution in [0.15, 0.2) is 77.8 Å². The first kappa shape index (κ1) is 36.8. The topological polar surface area (TPSA) is 206 Å². The zero-order valence-electron chi connectivity index (χ0n) is 28.4. The van der Waals surface area contributed by atoms with Crippen molar-refractivity contribution in [3.05, 3.63) is 106 Å². The Kier molecular flexibility index (Phi) is 11.9. The molecule has 0 fully saturated rings. The first-order valence-electron chi connectivity index (χ1n) is 16.8. The molecule has 0 saturated heterocycles. The number of hydrogen-bond donors (Lipinski definition) is 5. The van der Waals surface area contributed by atoms with Gasteiger partial charge in [-0.2, -0.15) is 0 Å². The van der Waals surface area contributed by atoms with E-state index in [1.807, 2.05) is 48.5 Å². The number of nitrogens with one attached hydrogen (secondary N) is 2. The number of rotatable bonds is 12. The molecule has 14 heteroatoms. The average Bonchev–Trinajstić information content (AvgIpc) is 3.11. The van der Waals surface area contributed by atoms with Crippen LogP contribution in [0.3, 0.4) is 0 Å². The number of nitrogens with zero attached hydrogens (tertiary/aromatic N) is 3. The minimum absolute atomic E-state index is 0.0635. The predicted molar refractivity (Wildman–Crippen MR) is 193 cm³/mol. The van der Waals surface area contributed by atoms with Gasteiger partial charge in [0.15, 0.2) is 5.96 Å². The van der Waals surface area contributed by atoms with E-state index < -0.39 is 47.8 Å². The number of nitrogens with two attached hydrogens (primary N) is 3. The van der Waals surface area contributed by atoms with E-state index in [4.69, 9.17) is 28.8 Å². The van der Waals surface area contributed by atoms with Gasteiger partial charge in [-0.3, -0.25) is 29.0 Å². The highest BCUT2D eigenvalue weighted by Crippen LogP contribution is 2.26. The molecule has 3 aromatic carbocycles. The van der Waals surface area contributed by atoms with Gasteiger partial charge in [0, 0.05) is 50.8 Å². The van der Waals surface area contributed by atoms with Crippen LogP contribution in [0, 0.1) is 0 Å². The Bertz CT molecular complexity index is 1810. The van der Waals surface area contributed by atoms with Crippen LogP contribution in [-0.2, 0) is 56.3 Å². The van der Waals surface area contributed by atoms with Crippen LogP contribution < -0.4 is 27.8 Å². The average molecular weight is 715 g/mol. The molecule has 0 saturated carbocycles. The molecule has 2 aliphatic heterocycles. The molecule has 0 spiro atoms. The summed E-state index contributed by atoms with van der Waals surface area (Å²) in [5, 5.41) is 6.24. The van der Waals surface area contributed by atoms with E-state index in [1.165, 1.54) is 16.7 Å². The van der Waals surface area contributed by atoms with E-state index in [9.17, 15) is 24.0 Å². The summed E-state index contributed by atoms with van der Waals surface area (Å²) >= 11 is 6.12. The minimum atomic E-state index is -1.15. The zero-order valence-corrected chi connectivity index (χ0v) is 29.1. The molecule has 8 N–H and O–H groups in total. The molecule has 2 aliphatic rings. The fourth-order valence-corrected chi connectivity index (χ4v) is 6.79. The van der Waals surface area contributed by atoms with E-state index >= 15 is 0 Å². The Morgan fingerprint density at radius 3 is 1.92 bits per heavy atom. The monoisotopic (exact) mass is 714 g/mol. The highest BCUT2D eigenvalue weighted by atomic mass is 35.5. The molecule has 4 atom stereocenters. The Morgan fingerprint density at radius 2 is 1.35 bits per heavy atom. The lowest BCUT2D eigenvalue weighted by molar-refractivity contribution is -0.144. The number of hydrogen-bond acceptors (Lipinski definition) is 6. The number of fused-ring (bicyclic) bond motifs is 2. The molecule has 51 heavy (non-hydrogen) atoms. The minimum Gasteiger partial charge on any atom is -0.370 e. The Balaban J connectivity index is 1.42. The lowest BCUT2D eigenvalue weighted by Crippen LogP contribution is -2.60. The molecular formula is C37H43ClN8O5. The highest BCUT2D eigenvalue weighted by molar-refractivity contribution is 6.30. The number of aliphatic imine (C=N–C) groups is 1. The van der Waals surface area contributed by atoms with Gasteiger partial charge < -0.3 is 37.6 Å². The molecule has 3 aromatic rings. The number of carbonyl (C=O) groups is 5. The molecule has 0 aliphatic carbocycles. The van der Waals surface area contributed by atoms with Crippen LogP contribution in [0.2, 0.25) is 5.02 Å². The lowest BCUT2D eigenvalue weighted by atomic mass is 9.92. The van der Waals surface area contributed by atoms with Gasteiger partial charge >= 0.3 is 0 Å². The summed E-state index contributed by atoms with van der Waals surface area (Å²) in [4.78, 5) is 74.7. The summed E-state index contributed by atoms with van der Waals surface area (Å²) in [5.74, 6) is -2.70. The van der Waals surface area contributed by atoms with E-state index in [0.29, 0.717) is 17.0 Å². The molecule has 5 rings (SSSR count). The van der Waals surface area contributed by atoms with Crippen LogP contribution in [0.1, 0.15) is 47.6 Å². The molecule has 0 radical (unpaired) electrons. The second-order valence-corrected chi connectivity index (χ2v) is 13.3. The molecule has 2 heterocycles. The summed E-state index contributed by atoms with van der Waals surface area (Å²) in [6.07, 6.45) is 1.02. The number of primary amides is 1. The highest BCUT2D eigenvalue weighted by Gasteiger charge is 2.39. The Hall–Kier alpha value is -5.43. The van der Waals surface area contributed by atoms with Crippen LogP contribution in [0.5, 0.6) is 0 Å². The fourth-order valence-electron chi connectivity index (χ4n) is 6.66. The van der Waals surface area contributed by atoms with Crippen molar-refractivity contribution in [2.45, 2.75) is 76.3 Å². The van der Waals surface area contributed by atoms with Crippen LogP contribution in [0.25, 0.3) is 0 Å². The predicted octanol–water partition coefficient (Wildman–Crippen LogP) is 1.32. The molecule has 13 nitrogen and oxygen atoms in total. The number of amides is 5. The maximum Gasteiger partial charge on any atom is 0.246 e. The second-order valence-electron chi connectivity index (χ2n) is 12.9. The third-order valence-electron chi connectivity index (χ3n) is 9.36. The molecule has 2 unspecified atom stereocenters. The van der Waals surface area contributed by atoms with Gasteiger partial charge in [0.2, 0.25) is 29.5 Å². The Labute approximate surface area is 301 Å². The van der Waals surface area contributed by atoms with E-state index in [0.717, 1.165) is 22.3 Å². The van der Waals surface area contributed by atoms with Crippen LogP contribution >= 0.6 is 11.6 Å². The maximum atomic E-state index is 14.3. The van der Waals surface area contributed by atoms with Crippen molar-refractivity contribution in [1.82, 2.24) is 20.4 Å². The quantitative estimate of drug-likeness (QED) is 0.106. The number of halogens is 1. The molecular weight excluding hydrogens is 672 g/mol. The van der Waals surface area contributed by atoms with Crippen molar-refractivity contribution >= 4 is 47.1 Å². The van der Waals surface area contributed by atoms with Gasteiger partial charge in [0.25, 0.3) is 0 Å².